The first-order chi connectivity index (χ1) is 9.13. The van der Waals surface area contributed by atoms with Gasteiger partial charge in [-0.1, -0.05) is 18.2 Å². The quantitative estimate of drug-likeness (QED) is 0.852. The molecule has 2 aromatic rings. The fourth-order valence-corrected chi connectivity index (χ4v) is 3.76. The van der Waals surface area contributed by atoms with Gasteiger partial charge < -0.3 is 5.73 Å². The highest BCUT2D eigenvalue weighted by molar-refractivity contribution is 7.89. The van der Waals surface area contributed by atoms with Gasteiger partial charge in [0.15, 0.2) is 0 Å². The standard InChI is InChI=1S/C13H16N2O2S2/c14-9-12-3-1-2-4-13(12)19(16,17)15-7-5-11-6-8-18-10-11/h1-4,6,8,10,15H,5,7,9,14H2. The van der Waals surface area contributed by atoms with Crippen LogP contribution in [0.4, 0.5) is 0 Å². The molecule has 19 heavy (non-hydrogen) atoms. The molecule has 0 bridgehead atoms. The summed E-state index contributed by atoms with van der Waals surface area (Å²) in [5, 5.41) is 4.00. The molecule has 0 radical (unpaired) electrons. The Hall–Kier alpha value is -1.21. The van der Waals surface area contributed by atoms with Crippen molar-refractivity contribution in [3.63, 3.8) is 0 Å². The van der Waals surface area contributed by atoms with Crippen molar-refractivity contribution in [2.75, 3.05) is 6.54 Å². The first-order valence-electron chi connectivity index (χ1n) is 5.92. The fourth-order valence-electron chi connectivity index (χ4n) is 1.78. The molecule has 4 nitrogen and oxygen atoms in total. The summed E-state index contributed by atoms with van der Waals surface area (Å²) >= 11 is 1.61. The third-order valence-corrected chi connectivity index (χ3v) is 5.06. The van der Waals surface area contributed by atoms with Gasteiger partial charge in [0.1, 0.15) is 0 Å². The molecule has 2 rings (SSSR count). The number of benzene rings is 1. The summed E-state index contributed by atoms with van der Waals surface area (Å²) < 4.78 is 27.0. The Morgan fingerprint density at radius 3 is 2.68 bits per heavy atom. The smallest absolute Gasteiger partial charge is 0.240 e. The number of nitrogens with two attached hydrogens (primary N) is 1. The molecule has 3 N–H and O–H groups in total. The molecule has 0 fully saturated rings. The lowest BCUT2D eigenvalue weighted by atomic mass is 10.2. The molecular weight excluding hydrogens is 280 g/mol. The third-order valence-electron chi connectivity index (χ3n) is 2.77. The Balaban J connectivity index is 2.05. The van der Waals surface area contributed by atoms with Gasteiger partial charge in [0.25, 0.3) is 0 Å². The van der Waals surface area contributed by atoms with Gasteiger partial charge in [-0.2, -0.15) is 11.3 Å². The van der Waals surface area contributed by atoms with Crippen molar-refractivity contribution >= 4 is 21.4 Å². The molecule has 0 saturated heterocycles. The number of thiophene rings is 1. The van der Waals surface area contributed by atoms with Gasteiger partial charge in [0.2, 0.25) is 10.0 Å². The number of nitrogens with one attached hydrogen (secondary N) is 1. The molecule has 1 aromatic carbocycles. The lowest BCUT2D eigenvalue weighted by Gasteiger charge is -2.09. The minimum absolute atomic E-state index is 0.210. The maximum absolute atomic E-state index is 12.2. The molecule has 0 spiro atoms. The second-order valence-corrected chi connectivity index (χ2v) is 6.61. The van der Waals surface area contributed by atoms with Crippen LogP contribution in [-0.4, -0.2) is 15.0 Å². The zero-order chi connectivity index (χ0) is 13.7. The normalized spacial score (nSPS) is 11.6. The highest BCUT2D eigenvalue weighted by Gasteiger charge is 2.16. The van der Waals surface area contributed by atoms with Gasteiger partial charge >= 0.3 is 0 Å². The van der Waals surface area contributed by atoms with E-state index in [0.717, 1.165) is 5.56 Å². The van der Waals surface area contributed by atoms with Gasteiger partial charge in [0.05, 0.1) is 4.90 Å². The van der Waals surface area contributed by atoms with Gasteiger partial charge in [-0.15, -0.1) is 0 Å². The fraction of sp³-hybridized carbons (Fsp3) is 0.231. The van der Waals surface area contributed by atoms with Crippen LogP contribution in [0.2, 0.25) is 0 Å². The Morgan fingerprint density at radius 1 is 1.21 bits per heavy atom. The van der Waals surface area contributed by atoms with E-state index >= 15 is 0 Å². The second kappa shape index (κ2) is 6.29. The van der Waals surface area contributed by atoms with E-state index in [9.17, 15) is 8.42 Å². The summed E-state index contributed by atoms with van der Waals surface area (Å²) in [7, 11) is -3.48. The zero-order valence-corrected chi connectivity index (χ0v) is 12.0. The van der Waals surface area contributed by atoms with Crippen molar-refractivity contribution in [2.45, 2.75) is 17.9 Å². The third kappa shape index (κ3) is 3.63. The molecule has 0 amide bonds. The van der Waals surface area contributed by atoms with Crippen LogP contribution in [-0.2, 0) is 23.0 Å². The van der Waals surface area contributed by atoms with E-state index in [1.54, 1.807) is 35.6 Å². The molecule has 102 valence electrons. The van der Waals surface area contributed by atoms with Crippen LogP contribution in [0.5, 0.6) is 0 Å². The summed E-state index contributed by atoms with van der Waals surface area (Å²) in [5.41, 5.74) is 7.33. The number of hydrogen-bond donors (Lipinski definition) is 2. The van der Waals surface area contributed by atoms with Crippen molar-refractivity contribution in [3.05, 3.63) is 52.2 Å². The van der Waals surface area contributed by atoms with Crippen molar-refractivity contribution in [1.29, 1.82) is 0 Å². The van der Waals surface area contributed by atoms with Crippen LogP contribution in [0.1, 0.15) is 11.1 Å². The highest BCUT2D eigenvalue weighted by Crippen LogP contribution is 2.14. The molecule has 0 aliphatic heterocycles. The van der Waals surface area contributed by atoms with E-state index < -0.39 is 10.0 Å². The van der Waals surface area contributed by atoms with E-state index in [1.807, 2.05) is 16.8 Å². The van der Waals surface area contributed by atoms with Crippen LogP contribution in [0.3, 0.4) is 0 Å². The van der Waals surface area contributed by atoms with Crippen molar-refractivity contribution in [3.8, 4) is 0 Å². The van der Waals surface area contributed by atoms with Crippen LogP contribution in [0, 0.1) is 0 Å². The van der Waals surface area contributed by atoms with Crippen LogP contribution in [0.15, 0.2) is 46.0 Å². The molecule has 0 aliphatic rings. The Kier molecular flexibility index (Phi) is 4.71. The van der Waals surface area contributed by atoms with Gasteiger partial charge in [-0.3, -0.25) is 0 Å². The maximum Gasteiger partial charge on any atom is 0.240 e. The average molecular weight is 296 g/mol. The summed E-state index contributed by atoms with van der Waals surface area (Å²) in [6, 6.07) is 8.79. The first-order valence-corrected chi connectivity index (χ1v) is 8.35. The van der Waals surface area contributed by atoms with Crippen molar-refractivity contribution in [2.24, 2.45) is 5.73 Å². The molecule has 0 unspecified atom stereocenters. The predicted molar refractivity (Wildman–Crippen MR) is 77.5 cm³/mol. The van der Waals surface area contributed by atoms with Gasteiger partial charge in [-0.05, 0) is 40.4 Å². The summed E-state index contributed by atoms with van der Waals surface area (Å²) in [6.07, 6.45) is 0.688. The number of sulfonamides is 1. The maximum atomic E-state index is 12.2. The van der Waals surface area contributed by atoms with E-state index in [2.05, 4.69) is 4.72 Å². The van der Waals surface area contributed by atoms with E-state index in [0.29, 0.717) is 18.5 Å². The molecule has 6 heteroatoms. The highest BCUT2D eigenvalue weighted by atomic mass is 32.2. The number of hydrogen-bond acceptors (Lipinski definition) is 4. The van der Waals surface area contributed by atoms with Crippen LogP contribution < -0.4 is 10.5 Å². The van der Waals surface area contributed by atoms with Crippen molar-refractivity contribution < 1.29 is 8.42 Å². The lowest BCUT2D eigenvalue weighted by Crippen LogP contribution is -2.27. The molecule has 0 saturated carbocycles. The van der Waals surface area contributed by atoms with Gasteiger partial charge in [0, 0.05) is 13.1 Å². The van der Waals surface area contributed by atoms with Gasteiger partial charge in [-0.25, -0.2) is 13.1 Å². The second-order valence-electron chi connectivity index (χ2n) is 4.09. The average Bonchev–Trinajstić information content (AvgIpc) is 2.91. The molecule has 0 aliphatic carbocycles. The molecule has 1 aromatic heterocycles. The number of rotatable bonds is 6. The minimum Gasteiger partial charge on any atom is -0.326 e. The predicted octanol–water partition coefficient (Wildman–Crippen LogP) is 1.73. The van der Waals surface area contributed by atoms with Crippen LogP contribution in [0.25, 0.3) is 0 Å². The topological polar surface area (TPSA) is 72.2 Å². The first kappa shape index (κ1) is 14.2. The summed E-state index contributed by atoms with van der Waals surface area (Å²) in [5.74, 6) is 0. The largest absolute Gasteiger partial charge is 0.326 e. The minimum atomic E-state index is -3.48. The van der Waals surface area contributed by atoms with Crippen molar-refractivity contribution in [1.82, 2.24) is 4.72 Å². The Bertz CT molecular complexity index is 622. The SMILES string of the molecule is NCc1ccccc1S(=O)(=O)NCCc1ccsc1. The Morgan fingerprint density at radius 2 is 2.00 bits per heavy atom. The molecule has 1 heterocycles. The molecular formula is C13H16N2O2S2. The Labute approximate surface area is 117 Å². The molecule has 0 atom stereocenters. The van der Waals surface area contributed by atoms with E-state index in [1.165, 1.54) is 0 Å². The van der Waals surface area contributed by atoms with E-state index in [4.69, 9.17) is 5.73 Å². The van der Waals surface area contributed by atoms with Crippen LogP contribution >= 0.6 is 11.3 Å². The summed E-state index contributed by atoms with van der Waals surface area (Å²) in [4.78, 5) is 0.266. The zero-order valence-electron chi connectivity index (χ0n) is 10.4. The monoisotopic (exact) mass is 296 g/mol. The lowest BCUT2D eigenvalue weighted by molar-refractivity contribution is 0.580. The van der Waals surface area contributed by atoms with E-state index in [-0.39, 0.29) is 11.4 Å². The summed E-state index contributed by atoms with van der Waals surface area (Å²) in [6.45, 7) is 0.597.